The molecule has 1 rings (SSSR count). The van der Waals surface area contributed by atoms with Crippen molar-refractivity contribution < 1.29 is 15.0 Å². The van der Waals surface area contributed by atoms with Crippen LogP contribution in [0.15, 0.2) is 24.3 Å². The second-order valence-electron chi connectivity index (χ2n) is 4.24. The van der Waals surface area contributed by atoms with Crippen LogP contribution in [0.3, 0.4) is 0 Å². The van der Waals surface area contributed by atoms with E-state index in [1.54, 1.807) is 0 Å². The Morgan fingerprint density at radius 1 is 1.41 bits per heavy atom. The number of hydrogen-bond donors (Lipinski definition) is 3. The van der Waals surface area contributed by atoms with Crippen LogP contribution in [0.2, 0.25) is 0 Å². The first kappa shape index (κ1) is 13.7. The van der Waals surface area contributed by atoms with Gasteiger partial charge in [-0.3, -0.25) is 4.79 Å². The van der Waals surface area contributed by atoms with E-state index in [2.05, 4.69) is 5.32 Å². The van der Waals surface area contributed by atoms with Gasteiger partial charge in [-0.2, -0.15) is 0 Å². The molecule has 0 aliphatic carbocycles. The van der Waals surface area contributed by atoms with Crippen molar-refractivity contribution in [2.24, 2.45) is 0 Å². The third-order valence-electron chi connectivity index (χ3n) is 2.72. The van der Waals surface area contributed by atoms with Gasteiger partial charge in [0, 0.05) is 12.6 Å². The van der Waals surface area contributed by atoms with Gasteiger partial charge in [0.05, 0.1) is 12.5 Å². The van der Waals surface area contributed by atoms with Crippen molar-refractivity contribution in [2.75, 3.05) is 6.54 Å². The van der Waals surface area contributed by atoms with Crippen LogP contribution >= 0.6 is 0 Å². The number of carbonyl (C=O) groups is 1. The van der Waals surface area contributed by atoms with Crippen molar-refractivity contribution in [1.29, 1.82) is 0 Å². The molecule has 1 aromatic rings. The summed E-state index contributed by atoms with van der Waals surface area (Å²) in [5, 5.41) is 21.1. The number of aliphatic hydroxyl groups excluding tert-OH is 1. The van der Waals surface area contributed by atoms with E-state index in [0.29, 0.717) is 0 Å². The molecule has 0 aliphatic heterocycles. The molecule has 94 valence electrons. The zero-order chi connectivity index (χ0) is 12.8. The van der Waals surface area contributed by atoms with Crippen molar-refractivity contribution in [3.05, 3.63) is 35.4 Å². The molecule has 0 radical (unpaired) electrons. The van der Waals surface area contributed by atoms with E-state index in [1.165, 1.54) is 5.56 Å². The van der Waals surface area contributed by atoms with E-state index < -0.39 is 12.1 Å². The summed E-state index contributed by atoms with van der Waals surface area (Å²) in [6.07, 6.45) is -1.08. The molecule has 3 N–H and O–H groups in total. The van der Waals surface area contributed by atoms with Crippen LogP contribution in [0.1, 0.15) is 30.5 Å². The Morgan fingerprint density at radius 3 is 2.65 bits per heavy atom. The van der Waals surface area contributed by atoms with Crippen molar-refractivity contribution in [1.82, 2.24) is 5.32 Å². The summed E-state index contributed by atoms with van der Waals surface area (Å²) in [7, 11) is 0. The Balaban J connectivity index is 2.47. The zero-order valence-electron chi connectivity index (χ0n) is 10.2. The maximum Gasteiger partial charge on any atom is 0.306 e. The van der Waals surface area contributed by atoms with Gasteiger partial charge >= 0.3 is 5.97 Å². The number of aliphatic hydroxyl groups is 1. The molecule has 0 saturated carbocycles. The van der Waals surface area contributed by atoms with E-state index >= 15 is 0 Å². The highest BCUT2D eigenvalue weighted by Gasteiger charge is 2.12. The maximum absolute atomic E-state index is 10.4. The van der Waals surface area contributed by atoms with Gasteiger partial charge in [0.2, 0.25) is 0 Å². The first-order valence-corrected chi connectivity index (χ1v) is 5.69. The van der Waals surface area contributed by atoms with Crippen LogP contribution in [0.4, 0.5) is 0 Å². The fraction of sp³-hybridized carbons (Fsp3) is 0.462. The van der Waals surface area contributed by atoms with Gasteiger partial charge in [-0.25, -0.2) is 0 Å². The highest BCUT2D eigenvalue weighted by molar-refractivity contribution is 5.67. The molecule has 2 atom stereocenters. The molecule has 0 heterocycles. The van der Waals surface area contributed by atoms with Gasteiger partial charge in [0.1, 0.15) is 0 Å². The fourth-order valence-electron chi connectivity index (χ4n) is 1.77. The number of nitrogens with one attached hydrogen (secondary N) is 1. The third-order valence-corrected chi connectivity index (χ3v) is 2.72. The van der Waals surface area contributed by atoms with Crippen LogP contribution in [0, 0.1) is 6.92 Å². The Hall–Kier alpha value is -1.39. The van der Waals surface area contributed by atoms with E-state index in [0.717, 1.165) is 5.56 Å². The van der Waals surface area contributed by atoms with Gasteiger partial charge in [-0.1, -0.05) is 24.3 Å². The molecule has 1 aromatic carbocycles. The third kappa shape index (κ3) is 4.54. The Morgan fingerprint density at radius 2 is 2.06 bits per heavy atom. The first-order valence-electron chi connectivity index (χ1n) is 5.69. The first-order chi connectivity index (χ1) is 8.00. The van der Waals surface area contributed by atoms with E-state index in [9.17, 15) is 9.90 Å². The molecule has 0 bridgehead atoms. The molecule has 0 saturated heterocycles. The summed E-state index contributed by atoms with van der Waals surface area (Å²) in [5.74, 6) is -0.983. The van der Waals surface area contributed by atoms with Crippen molar-refractivity contribution in [3.8, 4) is 0 Å². The molecule has 0 spiro atoms. The Bertz CT molecular complexity index is 379. The number of rotatable bonds is 6. The molecule has 0 aliphatic rings. The number of carboxylic acids is 1. The number of aliphatic carboxylic acids is 1. The predicted octanol–water partition coefficient (Wildman–Crippen LogP) is 1.48. The number of aryl methyl sites for hydroxylation is 1. The molecule has 4 heteroatoms. The monoisotopic (exact) mass is 237 g/mol. The lowest BCUT2D eigenvalue weighted by atomic mass is 10.0. The molecular weight excluding hydrogens is 218 g/mol. The standard InChI is InChI=1S/C13H19NO3/c1-9-5-3-4-6-12(9)10(2)14-8-11(15)7-13(16)17/h3-6,10-11,14-15H,7-8H2,1-2H3,(H,16,17)/t10-,11?/m0/s1. The lowest BCUT2D eigenvalue weighted by Crippen LogP contribution is -2.30. The van der Waals surface area contributed by atoms with Crippen LogP contribution in [0.5, 0.6) is 0 Å². The topological polar surface area (TPSA) is 69.6 Å². The summed E-state index contributed by atoms with van der Waals surface area (Å²) in [6.45, 7) is 4.30. The van der Waals surface area contributed by atoms with Crippen molar-refractivity contribution in [2.45, 2.75) is 32.4 Å². The van der Waals surface area contributed by atoms with Crippen molar-refractivity contribution in [3.63, 3.8) is 0 Å². The summed E-state index contributed by atoms with van der Waals surface area (Å²) < 4.78 is 0. The zero-order valence-corrected chi connectivity index (χ0v) is 10.2. The maximum atomic E-state index is 10.4. The summed E-state index contributed by atoms with van der Waals surface area (Å²) in [5.41, 5.74) is 2.34. The Kier molecular flexibility index (Phi) is 5.12. The van der Waals surface area contributed by atoms with Crippen LogP contribution in [-0.4, -0.2) is 28.8 Å². The summed E-state index contributed by atoms with van der Waals surface area (Å²) >= 11 is 0. The minimum Gasteiger partial charge on any atom is -0.481 e. The smallest absolute Gasteiger partial charge is 0.306 e. The molecule has 4 nitrogen and oxygen atoms in total. The van der Waals surface area contributed by atoms with Crippen LogP contribution in [-0.2, 0) is 4.79 Å². The summed E-state index contributed by atoms with van der Waals surface area (Å²) in [6, 6.07) is 8.09. The second-order valence-corrected chi connectivity index (χ2v) is 4.24. The minimum absolute atomic E-state index is 0.0969. The van der Waals surface area contributed by atoms with Gasteiger partial charge in [0.15, 0.2) is 0 Å². The van der Waals surface area contributed by atoms with E-state index in [-0.39, 0.29) is 19.0 Å². The molecule has 0 aromatic heterocycles. The van der Waals surface area contributed by atoms with Gasteiger partial charge in [0.25, 0.3) is 0 Å². The lowest BCUT2D eigenvalue weighted by Gasteiger charge is -2.18. The average molecular weight is 237 g/mol. The molecule has 1 unspecified atom stereocenters. The predicted molar refractivity (Wildman–Crippen MR) is 65.9 cm³/mol. The van der Waals surface area contributed by atoms with Crippen LogP contribution < -0.4 is 5.32 Å². The average Bonchev–Trinajstić information content (AvgIpc) is 2.25. The largest absolute Gasteiger partial charge is 0.481 e. The van der Waals surface area contributed by atoms with Gasteiger partial charge in [-0.15, -0.1) is 0 Å². The minimum atomic E-state index is -0.983. The molecule has 0 fully saturated rings. The van der Waals surface area contributed by atoms with Gasteiger partial charge < -0.3 is 15.5 Å². The fourth-order valence-corrected chi connectivity index (χ4v) is 1.77. The Labute approximate surface area is 101 Å². The quantitative estimate of drug-likeness (QED) is 0.701. The number of hydrogen-bond acceptors (Lipinski definition) is 3. The van der Waals surface area contributed by atoms with Gasteiger partial charge in [-0.05, 0) is 25.0 Å². The SMILES string of the molecule is Cc1ccccc1[C@H](C)NCC(O)CC(=O)O. The number of benzene rings is 1. The number of carboxylic acid groups (broad SMARTS) is 1. The molecule has 0 amide bonds. The highest BCUT2D eigenvalue weighted by Crippen LogP contribution is 2.16. The molecule has 17 heavy (non-hydrogen) atoms. The lowest BCUT2D eigenvalue weighted by molar-refractivity contribution is -0.139. The van der Waals surface area contributed by atoms with Crippen molar-refractivity contribution >= 4 is 5.97 Å². The second kappa shape index (κ2) is 6.37. The van der Waals surface area contributed by atoms with E-state index in [4.69, 9.17) is 5.11 Å². The van der Waals surface area contributed by atoms with E-state index in [1.807, 2.05) is 38.1 Å². The summed E-state index contributed by atoms with van der Waals surface area (Å²) in [4.78, 5) is 10.4. The van der Waals surface area contributed by atoms with Crippen LogP contribution in [0.25, 0.3) is 0 Å². The highest BCUT2D eigenvalue weighted by atomic mass is 16.4. The molecular formula is C13H19NO3. The normalized spacial score (nSPS) is 14.3.